The summed E-state index contributed by atoms with van der Waals surface area (Å²) in [7, 11) is 0. The highest BCUT2D eigenvalue weighted by atomic mass is 32.2. The monoisotopic (exact) mass is 350 g/mol. The van der Waals surface area contributed by atoms with Crippen LogP contribution in [0.25, 0.3) is 0 Å². The van der Waals surface area contributed by atoms with Crippen LogP contribution < -0.4 is 5.32 Å². The highest BCUT2D eigenvalue weighted by molar-refractivity contribution is 7.98. The third-order valence-electron chi connectivity index (χ3n) is 4.24. The van der Waals surface area contributed by atoms with Gasteiger partial charge in [0.25, 0.3) is 0 Å². The van der Waals surface area contributed by atoms with E-state index < -0.39 is 0 Å². The van der Waals surface area contributed by atoms with Crippen molar-refractivity contribution in [1.29, 1.82) is 0 Å². The fraction of sp³-hybridized carbons (Fsp3) is 0.714. The minimum atomic E-state index is 1.14. The number of nitrogens with one attached hydrogen (secondary N) is 1. The molecule has 0 bridgehead atoms. The van der Waals surface area contributed by atoms with Crippen LogP contribution in [0.2, 0.25) is 0 Å². The summed E-state index contributed by atoms with van der Waals surface area (Å²) in [5.74, 6) is 2.39. The van der Waals surface area contributed by atoms with E-state index in [9.17, 15) is 0 Å². The van der Waals surface area contributed by atoms with Crippen molar-refractivity contribution < 1.29 is 0 Å². The third-order valence-corrected chi connectivity index (χ3v) is 5.35. The molecule has 0 saturated heterocycles. The second kappa shape index (κ2) is 16.0. The Kier molecular flexibility index (Phi) is 14.3. The van der Waals surface area contributed by atoms with E-state index in [1.165, 1.54) is 69.5 Å². The number of benzene rings is 1. The Balaban J connectivity index is 1.92. The maximum Gasteiger partial charge on any atom is 0.0184 e. The Bertz CT molecular complexity index is 361. The van der Waals surface area contributed by atoms with E-state index in [0.717, 1.165) is 18.8 Å². The molecule has 0 radical (unpaired) electrons. The Morgan fingerprint density at radius 3 is 2.12 bits per heavy atom. The third kappa shape index (κ3) is 11.9. The van der Waals surface area contributed by atoms with E-state index in [2.05, 4.69) is 54.4 Å². The van der Waals surface area contributed by atoms with Crippen molar-refractivity contribution in [2.75, 3.05) is 38.5 Å². The van der Waals surface area contributed by atoms with Crippen LogP contribution in [0, 0.1) is 0 Å². The van der Waals surface area contributed by atoms with Crippen LogP contribution in [0.15, 0.2) is 30.3 Å². The molecule has 0 saturated carbocycles. The summed E-state index contributed by atoms with van der Waals surface area (Å²) in [5, 5.41) is 3.61. The van der Waals surface area contributed by atoms with E-state index in [4.69, 9.17) is 0 Å². The minimum absolute atomic E-state index is 1.14. The molecular formula is C21H38N2S. The van der Waals surface area contributed by atoms with Crippen molar-refractivity contribution >= 4 is 11.8 Å². The van der Waals surface area contributed by atoms with Gasteiger partial charge in [0.15, 0.2) is 0 Å². The number of nitrogens with zero attached hydrogens (tertiary/aromatic N) is 1. The molecule has 3 heteroatoms. The highest BCUT2D eigenvalue weighted by Gasteiger charge is 2.03. The first kappa shape index (κ1) is 21.5. The summed E-state index contributed by atoms with van der Waals surface area (Å²) in [5.41, 5.74) is 1.44. The molecule has 24 heavy (non-hydrogen) atoms. The van der Waals surface area contributed by atoms with Crippen LogP contribution in [-0.4, -0.2) is 43.4 Å². The van der Waals surface area contributed by atoms with Gasteiger partial charge in [-0.1, -0.05) is 57.0 Å². The minimum Gasteiger partial charge on any atom is -0.317 e. The molecule has 1 rings (SSSR count). The molecule has 1 aromatic carbocycles. The molecule has 0 heterocycles. The van der Waals surface area contributed by atoms with E-state index in [1.807, 2.05) is 11.8 Å². The predicted molar refractivity (Wildman–Crippen MR) is 111 cm³/mol. The Morgan fingerprint density at radius 2 is 1.46 bits per heavy atom. The summed E-state index contributed by atoms with van der Waals surface area (Å²) in [6.07, 6.45) is 7.85. The lowest BCUT2D eigenvalue weighted by atomic mass is 10.2. The van der Waals surface area contributed by atoms with Crippen LogP contribution in [0.3, 0.4) is 0 Å². The molecule has 0 spiro atoms. The number of hydrogen-bond donors (Lipinski definition) is 1. The molecule has 1 N–H and O–H groups in total. The number of thioether (sulfide) groups is 1. The predicted octanol–water partition coefficient (Wildman–Crippen LogP) is 5.19. The molecule has 0 aliphatic carbocycles. The van der Waals surface area contributed by atoms with Crippen LogP contribution >= 0.6 is 11.8 Å². The van der Waals surface area contributed by atoms with E-state index in [1.54, 1.807) is 0 Å². The first-order chi connectivity index (χ1) is 11.9. The average Bonchev–Trinajstić information content (AvgIpc) is 2.62. The maximum atomic E-state index is 3.61. The van der Waals surface area contributed by atoms with Gasteiger partial charge in [0, 0.05) is 5.75 Å². The van der Waals surface area contributed by atoms with Crippen molar-refractivity contribution in [3.8, 4) is 0 Å². The zero-order valence-electron chi connectivity index (χ0n) is 15.9. The van der Waals surface area contributed by atoms with Crippen molar-refractivity contribution in [3.05, 3.63) is 35.9 Å². The largest absolute Gasteiger partial charge is 0.317 e. The van der Waals surface area contributed by atoms with Crippen molar-refractivity contribution in [2.24, 2.45) is 0 Å². The van der Waals surface area contributed by atoms with Gasteiger partial charge in [0.05, 0.1) is 0 Å². The van der Waals surface area contributed by atoms with Crippen molar-refractivity contribution in [1.82, 2.24) is 10.2 Å². The van der Waals surface area contributed by atoms with E-state index in [-0.39, 0.29) is 0 Å². The lowest BCUT2D eigenvalue weighted by molar-refractivity contribution is 0.261. The standard InChI is InChI=1S/C21H38N2S/c1-3-5-16-23(17-6-4-2)18-10-14-22-15-11-19-24-20-21-12-8-7-9-13-21/h7-9,12-13,22H,3-6,10-11,14-20H2,1-2H3. The molecule has 0 unspecified atom stereocenters. The average molecular weight is 351 g/mol. The molecule has 138 valence electrons. The molecule has 2 nitrogen and oxygen atoms in total. The summed E-state index contributed by atoms with van der Waals surface area (Å²) >= 11 is 2.04. The van der Waals surface area contributed by atoms with Crippen LogP contribution in [-0.2, 0) is 5.75 Å². The molecule has 0 aromatic heterocycles. The van der Waals surface area contributed by atoms with Gasteiger partial charge in [0.1, 0.15) is 0 Å². The quantitative estimate of drug-likeness (QED) is 0.413. The van der Waals surface area contributed by atoms with Gasteiger partial charge in [-0.25, -0.2) is 0 Å². The fourth-order valence-corrected chi connectivity index (χ4v) is 3.64. The van der Waals surface area contributed by atoms with Gasteiger partial charge in [-0.15, -0.1) is 0 Å². The first-order valence-corrected chi connectivity index (χ1v) is 11.1. The number of rotatable bonds is 16. The van der Waals surface area contributed by atoms with Crippen molar-refractivity contribution in [3.63, 3.8) is 0 Å². The van der Waals surface area contributed by atoms with Gasteiger partial charge in [-0.3, -0.25) is 0 Å². The van der Waals surface area contributed by atoms with Gasteiger partial charge < -0.3 is 10.2 Å². The van der Waals surface area contributed by atoms with Crippen LogP contribution in [0.5, 0.6) is 0 Å². The van der Waals surface area contributed by atoms with Gasteiger partial charge in [-0.05, 0) is 69.7 Å². The zero-order valence-corrected chi connectivity index (χ0v) is 16.8. The van der Waals surface area contributed by atoms with Gasteiger partial charge in [0.2, 0.25) is 0 Å². The fourth-order valence-electron chi connectivity index (χ4n) is 2.72. The Morgan fingerprint density at radius 1 is 0.833 bits per heavy atom. The molecule has 0 aliphatic heterocycles. The summed E-state index contributed by atoms with van der Waals surface area (Å²) < 4.78 is 0. The van der Waals surface area contributed by atoms with E-state index >= 15 is 0 Å². The summed E-state index contributed by atoms with van der Waals surface area (Å²) in [6, 6.07) is 10.8. The molecule has 1 aromatic rings. The summed E-state index contributed by atoms with van der Waals surface area (Å²) in [6.45, 7) is 10.7. The Labute approximate surface area is 154 Å². The maximum absolute atomic E-state index is 3.61. The van der Waals surface area contributed by atoms with Crippen LogP contribution in [0.1, 0.15) is 57.9 Å². The van der Waals surface area contributed by atoms with Crippen molar-refractivity contribution in [2.45, 2.75) is 58.1 Å². The topological polar surface area (TPSA) is 15.3 Å². The normalized spacial score (nSPS) is 11.3. The lowest BCUT2D eigenvalue weighted by Crippen LogP contribution is -2.29. The smallest absolute Gasteiger partial charge is 0.0184 e. The molecule has 0 atom stereocenters. The SMILES string of the molecule is CCCCN(CCCC)CCCNCCCSCc1ccccc1. The van der Waals surface area contributed by atoms with Gasteiger partial charge in [-0.2, -0.15) is 11.8 Å². The molecule has 0 aliphatic rings. The second-order valence-electron chi connectivity index (χ2n) is 6.54. The number of unbranched alkanes of at least 4 members (excludes halogenated alkanes) is 2. The van der Waals surface area contributed by atoms with Crippen LogP contribution in [0.4, 0.5) is 0 Å². The lowest BCUT2D eigenvalue weighted by Gasteiger charge is -2.21. The first-order valence-electron chi connectivity index (χ1n) is 9.91. The number of hydrogen-bond acceptors (Lipinski definition) is 3. The zero-order chi connectivity index (χ0) is 17.3. The van der Waals surface area contributed by atoms with Gasteiger partial charge >= 0.3 is 0 Å². The van der Waals surface area contributed by atoms with E-state index in [0.29, 0.717) is 0 Å². The molecule has 0 amide bonds. The Hall–Kier alpha value is -0.510. The molecule has 0 fully saturated rings. The highest BCUT2D eigenvalue weighted by Crippen LogP contribution is 2.12. The molecular weight excluding hydrogens is 312 g/mol. The second-order valence-corrected chi connectivity index (χ2v) is 7.65. The summed E-state index contributed by atoms with van der Waals surface area (Å²) in [4.78, 5) is 2.66.